The minimum Gasteiger partial charge on any atom is -0.503 e. The number of Topliss-reactive ketones (excluding diaryl/α,β-unsaturated/α-hetero) is 1. The van der Waals surface area contributed by atoms with E-state index in [9.17, 15) is 14.7 Å². The number of carbonyl (C=O) groups is 2. The van der Waals surface area contributed by atoms with E-state index in [1.807, 2.05) is 61.7 Å². The SMILES string of the molecule is CC(C)CC(=O)C1=C(O)C(=O)N(c2ccc(Oc3ccccc3)cc2)C1c1cccs1. The predicted octanol–water partition coefficient (Wildman–Crippen LogP) is 6.06. The van der Waals surface area contributed by atoms with Crippen LogP contribution in [0.2, 0.25) is 0 Å². The van der Waals surface area contributed by atoms with Crippen LogP contribution in [-0.2, 0) is 9.59 Å². The molecule has 3 aromatic rings. The summed E-state index contributed by atoms with van der Waals surface area (Å²) in [7, 11) is 0. The third kappa shape index (κ3) is 4.25. The second-order valence-corrected chi connectivity index (χ2v) is 8.76. The number of ketones is 1. The minimum absolute atomic E-state index is 0.121. The van der Waals surface area contributed by atoms with Crippen molar-refractivity contribution in [1.82, 2.24) is 0 Å². The normalized spacial score (nSPS) is 16.3. The molecule has 1 aliphatic heterocycles. The van der Waals surface area contributed by atoms with E-state index < -0.39 is 17.7 Å². The van der Waals surface area contributed by atoms with Crippen LogP contribution in [0.5, 0.6) is 11.5 Å². The Morgan fingerprint density at radius 2 is 1.71 bits per heavy atom. The number of anilines is 1. The van der Waals surface area contributed by atoms with Gasteiger partial charge in [-0.25, -0.2) is 0 Å². The van der Waals surface area contributed by atoms with E-state index in [1.165, 1.54) is 16.2 Å². The van der Waals surface area contributed by atoms with Crippen LogP contribution < -0.4 is 9.64 Å². The van der Waals surface area contributed by atoms with Crippen LogP contribution >= 0.6 is 11.3 Å². The van der Waals surface area contributed by atoms with Gasteiger partial charge in [0.1, 0.15) is 17.5 Å². The molecule has 31 heavy (non-hydrogen) atoms. The van der Waals surface area contributed by atoms with Gasteiger partial charge in [0.25, 0.3) is 5.91 Å². The molecule has 1 atom stereocenters. The lowest BCUT2D eigenvalue weighted by atomic mass is 9.95. The van der Waals surface area contributed by atoms with Gasteiger partial charge in [-0.15, -0.1) is 11.3 Å². The van der Waals surface area contributed by atoms with E-state index in [-0.39, 0.29) is 23.7 Å². The van der Waals surface area contributed by atoms with Crippen molar-refractivity contribution < 1.29 is 19.4 Å². The molecule has 6 heteroatoms. The fraction of sp³-hybridized carbons (Fsp3) is 0.200. The highest BCUT2D eigenvalue weighted by Gasteiger charge is 2.44. The molecule has 0 spiro atoms. The van der Waals surface area contributed by atoms with E-state index in [2.05, 4.69) is 0 Å². The smallest absolute Gasteiger partial charge is 0.294 e. The Morgan fingerprint density at radius 1 is 1.03 bits per heavy atom. The summed E-state index contributed by atoms with van der Waals surface area (Å²) in [6.45, 7) is 3.88. The van der Waals surface area contributed by atoms with Gasteiger partial charge in [0.05, 0.1) is 5.57 Å². The number of hydrogen-bond donors (Lipinski definition) is 1. The van der Waals surface area contributed by atoms with E-state index >= 15 is 0 Å². The maximum atomic E-state index is 13.0. The summed E-state index contributed by atoms with van der Waals surface area (Å²) < 4.78 is 5.83. The molecule has 1 aromatic heterocycles. The summed E-state index contributed by atoms with van der Waals surface area (Å²) >= 11 is 1.45. The highest BCUT2D eigenvalue weighted by atomic mass is 32.1. The van der Waals surface area contributed by atoms with Gasteiger partial charge in [0.15, 0.2) is 11.5 Å². The number of rotatable bonds is 7. The lowest BCUT2D eigenvalue weighted by Gasteiger charge is -2.26. The zero-order chi connectivity index (χ0) is 22.0. The summed E-state index contributed by atoms with van der Waals surface area (Å²) in [5.74, 6) is 0.226. The van der Waals surface area contributed by atoms with Gasteiger partial charge >= 0.3 is 0 Å². The Labute approximate surface area is 185 Å². The van der Waals surface area contributed by atoms with Crippen molar-refractivity contribution in [3.8, 4) is 11.5 Å². The van der Waals surface area contributed by atoms with E-state index in [1.54, 1.807) is 24.3 Å². The van der Waals surface area contributed by atoms with Gasteiger partial charge in [0.2, 0.25) is 0 Å². The van der Waals surface area contributed by atoms with Crippen LogP contribution in [0, 0.1) is 5.92 Å². The molecule has 2 heterocycles. The molecule has 1 unspecified atom stereocenters. The Hall–Kier alpha value is -3.38. The first-order chi connectivity index (χ1) is 15.0. The molecule has 158 valence electrons. The average molecular weight is 434 g/mol. The zero-order valence-electron chi connectivity index (χ0n) is 17.3. The van der Waals surface area contributed by atoms with Crippen molar-refractivity contribution in [2.45, 2.75) is 26.3 Å². The topological polar surface area (TPSA) is 66.8 Å². The molecule has 0 aliphatic carbocycles. The maximum Gasteiger partial charge on any atom is 0.294 e. The molecule has 0 bridgehead atoms. The highest BCUT2D eigenvalue weighted by molar-refractivity contribution is 7.10. The Balaban J connectivity index is 1.67. The van der Waals surface area contributed by atoms with Crippen LogP contribution in [0.15, 0.2) is 83.4 Å². The van der Waals surface area contributed by atoms with Gasteiger partial charge in [-0.2, -0.15) is 0 Å². The summed E-state index contributed by atoms with van der Waals surface area (Å²) in [5.41, 5.74) is 0.758. The van der Waals surface area contributed by atoms with Gasteiger partial charge in [-0.05, 0) is 53.8 Å². The molecule has 0 radical (unpaired) electrons. The minimum atomic E-state index is -0.639. The molecule has 5 nitrogen and oxygen atoms in total. The number of ether oxygens (including phenoxy) is 1. The molecular formula is C25H23NO4S. The molecule has 1 amide bonds. The highest BCUT2D eigenvalue weighted by Crippen LogP contribution is 2.43. The number of aliphatic hydroxyl groups is 1. The maximum absolute atomic E-state index is 13.0. The van der Waals surface area contributed by atoms with Crippen molar-refractivity contribution in [2.75, 3.05) is 4.90 Å². The van der Waals surface area contributed by atoms with Gasteiger partial charge in [-0.1, -0.05) is 38.1 Å². The van der Waals surface area contributed by atoms with Crippen molar-refractivity contribution in [3.05, 3.63) is 88.3 Å². The van der Waals surface area contributed by atoms with Crippen molar-refractivity contribution >= 4 is 28.7 Å². The van der Waals surface area contributed by atoms with Crippen molar-refractivity contribution in [3.63, 3.8) is 0 Å². The van der Waals surface area contributed by atoms with Crippen LogP contribution in [0.25, 0.3) is 0 Å². The number of aliphatic hydroxyl groups excluding tert-OH is 1. The second-order valence-electron chi connectivity index (χ2n) is 7.79. The van der Waals surface area contributed by atoms with Crippen molar-refractivity contribution in [2.24, 2.45) is 5.92 Å². The number of para-hydroxylation sites is 1. The molecule has 0 fully saturated rings. The standard InChI is InChI=1S/C25H23NO4S/c1-16(2)15-20(27)22-23(21-9-6-14-31-21)26(25(29)24(22)28)17-10-12-19(13-11-17)30-18-7-4-3-5-8-18/h3-14,16,23,28H,15H2,1-2H3. The first-order valence-corrected chi connectivity index (χ1v) is 11.0. The third-order valence-corrected chi connectivity index (χ3v) is 5.93. The number of nitrogens with zero attached hydrogens (tertiary/aromatic N) is 1. The number of carbonyl (C=O) groups excluding carboxylic acids is 2. The quantitative estimate of drug-likeness (QED) is 0.492. The molecular weight excluding hydrogens is 410 g/mol. The molecule has 0 saturated carbocycles. The first kappa shape index (κ1) is 20.9. The van der Waals surface area contributed by atoms with Gasteiger partial charge in [-0.3, -0.25) is 14.5 Å². The summed E-state index contributed by atoms with van der Waals surface area (Å²) in [4.78, 5) is 28.3. The summed E-state index contributed by atoms with van der Waals surface area (Å²) in [6.07, 6.45) is 0.270. The lowest BCUT2D eigenvalue weighted by Crippen LogP contribution is -2.30. The van der Waals surface area contributed by atoms with Crippen LogP contribution in [0.4, 0.5) is 5.69 Å². The zero-order valence-corrected chi connectivity index (χ0v) is 18.1. The Kier molecular flexibility index (Phi) is 5.91. The van der Waals surface area contributed by atoms with Gasteiger partial charge in [0, 0.05) is 17.0 Å². The van der Waals surface area contributed by atoms with E-state index in [4.69, 9.17) is 4.74 Å². The molecule has 2 aromatic carbocycles. The summed E-state index contributed by atoms with van der Waals surface area (Å²) in [6, 6.07) is 19.6. The van der Waals surface area contributed by atoms with E-state index in [0.29, 0.717) is 17.2 Å². The first-order valence-electron chi connectivity index (χ1n) is 10.1. The second kappa shape index (κ2) is 8.78. The fourth-order valence-electron chi connectivity index (χ4n) is 3.65. The summed E-state index contributed by atoms with van der Waals surface area (Å²) in [5, 5.41) is 12.5. The van der Waals surface area contributed by atoms with E-state index in [0.717, 1.165) is 4.88 Å². The molecule has 1 aliphatic rings. The monoisotopic (exact) mass is 433 g/mol. The van der Waals surface area contributed by atoms with Gasteiger partial charge < -0.3 is 9.84 Å². The number of amides is 1. The van der Waals surface area contributed by atoms with Crippen LogP contribution in [0.1, 0.15) is 31.2 Å². The molecule has 0 saturated heterocycles. The fourth-order valence-corrected chi connectivity index (χ4v) is 4.48. The largest absolute Gasteiger partial charge is 0.503 e. The van der Waals surface area contributed by atoms with Crippen LogP contribution in [-0.4, -0.2) is 16.8 Å². The molecule has 4 rings (SSSR count). The Bertz CT molecular complexity index is 1100. The third-order valence-electron chi connectivity index (χ3n) is 5.01. The molecule has 1 N–H and O–H groups in total. The average Bonchev–Trinajstić information content (AvgIpc) is 3.36. The number of thiophene rings is 1. The lowest BCUT2D eigenvalue weighted by molar-refractivity contribution is -0.118. The Morgan fingerprint density at radius 3 is 2.32 bits per heavy atom. The number of hydrogen-bond acceptors (Lipinski definition) is 5. The number of benzene rings is 2. The van der Waals surface area contributed by atoms with Crippen LogP contribution in [0.3, 0.4) is 0 Å². The van der Waals surface area contributed by atoms with Crippen molar-refractivity contribution in [1.29, 1.82) is 0 Å². The predicted molar refractivity (Wildman–Crippen MR) is 122 cm³/mol.